The first kappa shape index (κ1) is 12.8. The van der Waals surface area contributed by atoms with E-state index in [4.69, 9.17) is 11.6 Å². The van der Waals surface area contributed by atoms with Crippen LogP contribution < -0.4 is 10.9 Å². The predicted octanol–water partition coefficient (Wildman–Crippen LogP) is 1.73. The minimum atomic E-state index is -0.132. The van der Waals surface area contributed by atoms with Crippen LogP contribution in [0.2, 0.25) is 5.02 Å². The maximum Gasteiger partial charge on any atom is 0.251 e. The molecule has 0 bridgehead atoms. The molecule has 0 amide bonds. The van der Waals surface area contributed by atoms with E-state index < -0.39 is 0 Å². The molecule has 18 heavy (non-hydrogen) atoms. The molecule has 5 heteroatoms. The standard InChI is InChI=1S/C13H14ClN3O/c1-15-8-11-7-13(18)17-12(16-11)6-9-3-2-4-10(14)5-9/h2-5,7,15H,6,8H2,1H3,(H,16,17,18). The molecular formula is C13H14ClN3O. The van der Waals surface area contributed by atoms with Gasteiger partial charge in [-0.05, 0) is 24.7 Å². The van der Waals surface area contributed by atoms with Crippen LogP contribution in [-0.4, -0.2) is 17.0 Å². The third-order valence-electron chi connectivity index (χ3n) is 2.46. The lowest BCUT2D eigenvalue weighted by molar-refractivity contribution is 0.767. The van der Waals surface area contributed by atoms with Crippen molar-refractivity contribution in [3.63, 3.8) is 0 Å². The van der Waals surface area contributed by atoms with Crippen molar-refractivity contribution in [2.24, 2.45) is 0 Å². The van der Waals surface area contributed by atoms with Crippen molar-refractivity contribution >= 4 is 11.6 Å². The topological polar surface area (TPSA) is 57.8 Å². The van der Waals surface area contributed by atoms with E-state index >= 15 is 0 Å². The number of halogens is 1. The van der Waals surface area contributed by atoms with Crippen LogP contribution in [-0.2, 0) is 13.0 Å². The van der Waals surface area contributed by atoms with E-state index in [2.05, 4.69) is 15.3 Å². The van der Waals surface area contributed by atoms with Crippen LogP contribution >= 0.6 is 11.6 Å². The molecule has 1 aromatic carbocycles. The molecule has 1 heterocycles. The zero-order chi connectivity index (χ0) is 13.0. The Bertz CT molecular complexity index is 595. The quantitative estimate of drug-likeness (QED) is 0.883. The summed E-state index contributed by atoms with van der Waals surface area (Å²) in [6.07, 6.45) is 0.563. The third kappa shape index (κ3) is 3.42. The monoisotopic (exact) mass is 263 g/mol. The molecule has 0 aliphatic rings. The average Bonchev–Trinajstić information content (AvgIpc) is 2.28. The number of aromatic nitrogens is 2. The lowest BCUT2D eigenvalue weighted by Gasteiger charge is -2.04. The van der Waals surface area contributed by atoms with Crippen LogP contribution in [0.25, 0.3) is 0 Å². The van der Waals surface area contributed by atoms with Gasteiger partial charge in [0.2, 0.25) is 0 Å². The van der Waals surface area contributed by atoms with E-state index in [-0.39, 0.29) is 5.56 Å². The van der Waals surface area contributed by atoms with Crippen molar-refractivity contribution in [2.45, 2.75) is 13.0 Å². The van der Waals surface area contributed by atoms with E-state index in [1.54, 1.807) is 0 Å². The molecule has 0 aliphatic carbocycles. The van der Waals surface area contributed by atoms with Gasteiger partial charge in [0.25, 0.3) is 5.56 Å². The van der Waals surface area contributed by atoms with Crippen molar-refractivity contribution in [2.75, 3.05) is 7.05 Å². The average molecular weight is 264 g/mol. The summed E-state index contributed by atoms with van der Waals surface area (Å²) in [5.41, 5.74) is 1.62. The van der Waals surface area contributed by atoms with Crippen LogP contribution in [0.4, 0.5) is 0 Å². The summed E-state index contributed by atoms with van der Waals surface area (Å²) in [5.74, 6) is 0.648. The molecule has 0 atom stereocenters. The predicted molar refractivity (Wildman–Crippen MR) is 71.9 cm³/mol. The van der Waals surface area contributed by atoms with Gasteiger partial charge < -0.3 is 10.3 Å². The summed E-state index contributed by atoms with van der Waals surface area (Å²) in [5, 5.41) is 3.66. The number of hydrogen-bond donors (Lipinski definition) is 2. The van der Waals surface area contributed by atoms with Gasteiger partial charge >= 0.3 is 0 Å². The molecular weight excluding hydrogens is 250 g/mol. The molecule has 4 nitrogen and oxygen atoms in total. The molecule has 0 spiro atoms. The van der Waals surface area contributed by atoms with Crippen molar-refractivity contribution in [1.82, 2.24) is 15.3 Å². The summed E-state index contributed by atoms with van der Waals surface area (Å²) >= 11 is 5.92. The largest absolute Gasteiger partial charge is 0.314 e. The fourth-order valence-corrected chi connectivity index (χ4v) is 1.97. The van der Waals surface area contributed by atoms with Crippen LogP contribution in [0.15, 0.2) is 35.1 Å². The SMILES string of the molecule is CNCc1cc(=O)[nH]c(Cc2cccc(Cl)c2)n1. The van der Waals surface area contributed by atoms with Gasteiger partial charge in [-0.3, -0.25) is 4.79 Å². The summed E-state index contributed by atoms with van der Waals surface area (Å²) in [6.45, 7) is 0.576. The molecule has 0 radical (unpaired) electrons. The van der Waals surface area contributed by atoms with Crippen molar-refractivity contribution in [3.8, 4) is 0 Å². The highest BCUT2D eigenvalue weighted by atomic mass is 35.5. The molecule has 2 rings (SSSR count). The summed E-state index contributed by atoms with van der Waals surface area (Å²) < 4.78 is 0. The molecule has 2 N–H and O–H groups in total. The van der Waals surface area contributed by atoms with E-state index in [9.17, 15) is 4.79 Å². The molecule has 0 unspecified atom stereocenters. The molecule has 94 valence electrons. The Labute approximate surface area is 110 Å². The van der Waals surface area contributed by atoms with E-state index in [0.717, 1.165) is 11.3 Å². The lowest BCUT2D eigenvalue weighted by Crippen LogP contribution is -2.16. The second-order valence-electron chi connectivity index (χ2n) is 4.02. The maximum absolute atomic E-state index is 11.5. The second-order valence-corrected chi connectivity index (χ2v) is 4.46. The second kappa shape index (κ2) is 5.80. The maximum atomic E-state index is 11.5. The zero-order valence-corrected chi connectivity index (χ0v) is 10.8. The van der Waals surface area contributed by atoms with Crippen LogP contribution in [0.5, 0.6) is 0 Å². The van der Waals surface area contributed by atoms with Gasteiger partial charge in [0.1, 0.15) is 5.82 Å². The van der Waals surface area contributed by atoms with E-state index in [1.165, 1.54) is 6.07 Å². The molecule has 0 aliphatic heterocycles. The van der Waals surface area contributed by atoms with Gasteiger partial charge in [-0.25, -0.2) is 4.98 Å². The first-order valence-electron chi connectivity index (χ1n) is 5.65. The Morgan fingerprint density at radius 1 is 1.39 bits per heavy atom. The molecule has 0 saturated carbocycles. The number of H-pyrrole nitrogens is 1. The van der Waals surface area contributed by atoms with Gasteiger partial charge in [-0.1, -0.05) is 23.7 Å². The van der Waals surface area contributed by atoms with Crippen molar-refractivity contribution < 1.29 is 0 Å². The number of nitrogens with zero attached hydrogens (tertiary/aromatic N) is 1. The van der Waals surface area contributed by atoms with Crippen LogP contribution in [0.1, 0.15) is 17.1 Å². The fourth-order valence-electron chi connectivity index (χ4n) is 1.76. The van der Waals surface area contributed by atoms with Gasteiger partial charge in [0.15, 0.2) is 0 Å². The normalized spacial score (nSPS) is 10.6. The summed E-state index contributed by atoms with van der Waals surface area (Å²) in [6, 6.07) is 9.02. The van der Waals surface area contributed by atoms with Gasteiger partial charge in [-0.2, -0.15) is 0 Å². The Kier molecular flexibility index (Phi) is 4.12. The number of aromatic amines is 1. The third-order valence-corrected chi connectivity index (χ3v) is 2.70. The highest BCUT2D eigenvalue weighted by molar-refractivity contribution is 6.30. The minimum Gasteiger partial charge on any atom is -0.314 e. The van der Waals surface area contributed by atoms with Gasteiger partial charge in [0, 0.05) is 24.1 Å². The Balaban J connectivity index is 2.26. The van der Waals surface area contributed by atoms with Gasteiger partial charge in [0.05, 0.1) is 5.69 Å². The molecule has 1 aromatic heterocycles. The number of nitrogens with one attached hydrogen (secondary N) is 2. The number of hydrogen-bond acceptors (Lipinski definition) is 3. The highest BCUT2D eigenvalue weighted by Gasteiger charge is 2.03. The first-order chi connectivity index (χ1) is 8.67. The van der Waals surface area contributed by atoms with E-state index in [0.29, 0.717) is 23.8 Å². The Morgan fingerprint density at radius 2 is 2.22 bits per heavy atom. The van der Waals surface area contributed by atoms with Crippen LogP contribution in [0.3, 0.4) is 0 Å². The van der Waals surface area contributed by atoms with Gasteiger partial charge in [-0.15, -0.1) is 0 Å². The fraction of sp³-hybridized carbons (Fsp3) is 0.231. The molecule has 0 fully saturated rings. The number of benzene rings is 1. The Morgan fingerprint density at radius 3 is 2.94 bits per heavy atom. The summed E-state index contributed by atoms with van der Waals surface area (Å²) in [7, 11) is 1.82. The zero-order valence-electron chi connectivity index (χ0n) is 10.0. The Hall–Kier alpha value is -1.65. The lowest BCUT2D eigenvalue weighted by atomic mass is 10.1. The molecule has 0 saturated heterocycles. The molecule has 2 aromatic rings. The summed E-state index contributed by atoms with van der Waals surface area (Å²) in [4.78, 5) is 18.6. The smallest absolute Gasteiger partial charge is 0.251 e. The number of rotatable bonds is 4. The van der Waals surface area contributed by atoms with Crippen molar-refractivity contribution in [1.29, 1.82) is 0 Å². The van der Waals surface area contributed by atoms with Crippen molar-refractivity contribution in [3.05, 3.63) is 62.8 Å². The van der Waals surface area contributed by atoms with E-state index in [1.807, 2.05) is 31.3 Å². The first-order valence-corrected chi connectivity index (χ1v) is 6.03. The highest BCUT2D eigenvalue weighted by Crippen LogP contribution is 2.12. The van der Waals surface area contributed by atoms with Crippen LogP contribution in [0, 0.1) is 0 Å². The minimum absolute atomic E-state index is 0.132.